The fraction of sp³-hybridized carbons (Fsp3) is 0.625. The van der Waals surface area contributed by atoms with Gasteiger partial charge in [-0.05, 0) is 56.4 Å². The van der Waals surface area contributed by atoms with E-state index in [4.69, 9.17) is 0 Å². The topological polar surface area (TPSA) is 15.3 Å². The highest BCUT2D eigenvalue weighted by molar-refractivity contribution is 5.39. The Labute approximate surface area is 111 Å². The Bertz CT molecular complexity index is 406. The minimum Gasteiger partial charge on any atom is -0.314 e. The molecule has 0 aromatic heterocycles. The van der Waals surface area contributed by atoms with Crippen molar-refractivity contribution in [3.63, 3.8) is 0 Å². The van der Waals surface area contributed by atoms with Crippen LogP contribution in [0.2, 0.25) is 0 Å². The molecule has 2 heteroatoms. The molecular weight excluding hydrogens is 220 g/mol. The van der Waals surface area contributed by atoms with Gasteiger partial charge in [-0.3, -0.25) is 4.90 Å². The molecule has 18 heavy (non-hydrogen) atoms. The van der Waals surface area contributed by atoms with Crippen molar-refractivity contribution in [2.24, 2.45) is 0 Å². The number of aryl methyl sites for hydroxylation is 1. The summed E-state index contributed by atoms with van der Waals surface area (Å²) in [6.45, 7) is 13.7. The van der Waals surface area contributed by atoms with Gasteiger partial charge in [-0.25, -0.2) is 0 Å². The van der Waals surface area contributed by atoms with Crippen LogP contribution in [-0.2, 0) is 6.42 Å². The molecule has 100 valence electrons. The predicted octanol–water partition coefficient (Wildman–Crippen LogP) is 2.45. The van der Waals surface area contributed by atoms with Gasteiger partial charge in [0.25, 0.3) is 0 Å². The second-order valence-corrected chi connectivity index (χ2v) is 5.63. The Kier molecular flexibility index (Phi) is 4.41. The summed E-state index contributed by atoms with van der Waals surface area (Å²) < 4.78 is 0. The molecule has 1 N–H and O–H groups in total. The maximum Gasteiger partial charge on any atom is 0.0110 e. The van der Waals surface area contributed by atoms with E-state index in [2.05, 4.69) is 50.0 Å². The summed E-state index contributed by atoms with van der Waals surface area (Å²) in [6.07, 6.45) is 1.17. The lowest BCUT2D eigenvalue weighted by Crippen LogP contribution is -2.48. The SMILES string of the molecule is Cc1ccc(CC(C)N2CCNCC2)c(C)c1C. The molecule has 0 amide bonds. The van der Waals surface area contributed by atoms with E-state index in [0.717, 1.165) is 13.1 Å². The quantitative estimate of drug-likeness (QED) is 0.881. The molecule has 1 fully saturated rings. The lowest BCUT2D eigenvalue weighted by atomic mass is 9.94. The third-order valence-electron chi connectivity index (χ3n) is 4.46. The van der Waals surface area contributed by atoms with Crippen molar-refractivity contribution in [2.45, 2.75) is 40.2 Å². The zero-order valence-corrected chi connectivity index (χ0v) is 12.2. The fourth-order valence-corrected chi connectivity index (χ4v) is 2.80. The van der Waals surface area contributed by atoms with Gasteiger partial charge in [0.1, 0.15) is 0 Å². The molecule has 1 aromatic carbocycles. The zero-order chi connectivity index (χ0) is 13.1. The minimum absolute atomic E-state index is 0.646. The smallest absolute Gasteiger partial charge is 0.0110 e. The Balaban J connectivity index is 2.06. The van der Waals surface area contributed by atoms with Gasteiger partial charge < -0.3 is 5.32 Å². The standard InChI is InChI=1S/C16H26N2/c1-12-5-6-16(15(4)14(12)3)11-13(2)18-9-7-17-8-10-18/h5-6,13,17H,7-11H2,1-4H3. The number of piperazine rings is 1. The van der Waals surface area contributed by atoms with Gasteiger partial charge in [0.05, 0.1) is 0 Å². The molecule has 0 radical (unpaired) electrons. The first-order chi connectivity index (χ1) is 8.59. The molecule has 1 heterocycles. The van der Waals surface area contributed by atoms with Crippen LogP contribution in [0.4, 0.5) is 0 Å². The second kappa shape index (κ2) is 5.85. The van der Waals surface area contributed by atoms with Crippen LogP contribution in [0.1, 0.15) is 29.2 Å². The maximum atomic E-state index is 3.42. The van der Waals surface area contributed by atoms with Crippen LogP contribution in [0.5, 0.6) is 0 Å². The summed E-state index contributed by atoms with van der Waals surface area (Å²) in [6, 6.07) is 5.23. The van der Waals surface area contributed by atoms with E-state index < -0.39 is 0 Å². The summed E-state index contributed by atoms with van der Waals surface area (Å²) in [5, 5.41) is 3.42. The van der Waals surface area contributed by atoms with Crippen molar-refractivity contribution in [1.29, 1.82) is 0 Å². The average molecular weight is 246 g/mol. The van der Waals surface area contributed by atoms with Gasteiger partial charge in [0, 0.05) is 32.2 Å². The first kappa shape index (κ1) is 13.6. The second-order valence-electron chi connectivity index (χ2n) is 5.63. The van der Waals surface area contributed by atoms with Gasteiger partial charge >= 0.3 is 0 Å². The third kappa shape index (κ3) is 2.93. The van der Waals surface area contributed by atoms with Gasteiger partial charge in [-0.15, -0.1) is 0 Å². The molecular formula is C16H26N2. The minimum atomic E-state index is 0.646. The Morgan fingerprint density at radius 2 is 1.78 bits per heavy atom. The lowest BCUT2D eigenvalue weighted by molar-refractivity contribution is 0.183. The number of rotatable bonds is 3. The molecule has 1 unspecified atom stereocenters. The largest absolute Gasteiger partial charge is 0.314 e. The molecule has 1 atom stereocenters. The Morgan fingerprint density at radius 1 is 1.11 bits per heavy atom. The van der Waals surface area contributed by atoms with Crippen LogP contribution < -0.4 is 5.32 Å². The van der Waals surface area contributed by atoms with Gasteiger partial charge in [0.15, 0.2) is 0 Å². The first-order valence-corrected chi connectivity index (χ1v) is 7.10. The number of nitrogens with zero attached hydrogens (tertiary/aromatic N) is 1. The summed E-state index contributed by atoms with van der Waals surface area (Å²) in [5.74, 6) is 0. The third-order valence-corrected chi connectivity index (χ3v) is 4.46. The summed E-state index contributed by atoms with van der Waals surface area (Å²) in [5.41, 5.74) is 5.87. The molecule has 0 aliphatic carbocycles. The van der Waals surface area contributed by atoms with E-state index in [9.17, 15) is 0 Å². The van der Waals surface area contributed by atoms with Crippen LogP contribution in [0.25, 0.3) is 0 Å². The van der Waals surface area contributed by atoms with E-state index in [-0.39, 0.29) is 0 Å². The summed E-state index contributed by atoms with van der Waals surface area (Å²) >= 11 is 0. The highest BCUT2D eigenvalue weighted by Gasteiger charge is 2.17. The van der Waals surface area contributed by atoms with Crippen molar-refractivity contribution in [2.75, 3.05) is 26.2 Å². The van der Waals surface area contributed by atoms with E-state index >= 15 is 0 Å². The molecule has 0 saturated carbocycles. The van der Waals surface area contributed by atoms with E-state index in [1.54, 1.807) is 0 Å². The number of hydrogen-bond donors (Lipinski definition) is 1. The molecule has 1 aliphatic rings. The van der Waals surface area contributed by atoms with E-state index in [1.165, 1.54) is 41.8 Å². The fourth-order valence-electron chi connectivity index (χ4n) is 2.80. The number of hydrogen-bond acceptors (Lipinski definition) is 2. The number of benzene rings is 1. The van der Waals surface area contributed by atoms with Crippen molar-refractivity contribution in [3.8, 4) is 0 Å². The van der Waals surface area contributed by atoms with Crippen LogP contribution in [0.15, 0.2) is 12.1 Å². The molecule has 2 nitrogen and oxygen atoms in total. The van der Waals surface area contributed by atoms with E-state index in [1.807, 2.05) is 0 Å². The van der Waals surface area contributed by atoms with Crippen molar-refractivity contribution < 1.29 is 0 Å². The molecule has 0 bridgehead atoms. The van der Waals surface area contributed by atoms with Crippen LogP contribution in [0, 0.1) is 20.8 Å². The van der Waals surface area contributed by atoms with Crippen molar-refractivity contribution >= 4 is 0 Å². The first-order valence-electron chi connectivity index (χ1n) is 7.10. The van der Waals surface area contributed by atoms with Crippen LogP contribution >= 0.6 is 0 Å². The molecule has 1 saturated heterocycles. The summed E-state index contributed by atoms with van der Waals surface area (Å²) in [7, 11) is 0. The average Bonchev–Trinajstić information content (AvgIpc) is 2.40. The van der Waals surface area contributed by atoms with Gasteiger partial charge in [-0.2, -0.15) is 0 Å². The Hall–Kier alpha value is -0.860. The van der Waals surface area contributed by atoms with Crippen molar-refractivity contribution in [1.82, 2.24) is 10.2 Å². The zero-order valence-electron chi connectivity index (χ0n) is 12.2. The predicted molar refractivity (Wildman–Crippen MR) is 78.3 cm³/mol. The maximum absolute atomic E-state index is 3.42. The molecule has 1 aromatic rings. The van der Waals surface area contributed by atoms with Gasteiger partial charge in [0.2, 0.25) is 0 Å². The highest BCUT2D eigenvalue weighted by Crippen LogP contribution is 2.19. The van der Waals surface area contributed by atoms with Crippen molar-refractivity contribution in [3.05, 3.63) is 34.4 Å². The Morgan fingerprint density at radius 3 is 2.44 bits per heavy atom. The lowest BCUT2D eigenvalue weighted by Gasteiger charge is -2.33. The monoisotopic (exact) mass is 246 g/mol. The molecule has 0 spiro atoms. The number of nitrogens with one attached hydrogen (secondary N) is 1. The van der Waals surface area contributed by atoms with Gasteiger partial charge in [-0.1, -0.05) is 12.1 Å². The van der Waals surface area contributed by atoms with Crippen LogP contribution in [0.3, 0.4) is 0 Å². The van der Waals surface area contributed by atoms with Crippen LogP contribution in [-0.4, -0.2) is 37.1 Å². The van der Waals surface area contributed by atoms with E-state index in [0.29, 0.717) is 6.04 Å². The normalized spacial score (nSPS) is 18.9. The molecule has 2 rings (SSSR count). The summed E-state index contributed by atoms with van der Waals surface area (Å²) in [4.78, 5) is 2.60. The molecule has 1 aliphatic heterocycles. The highest BCUT2D eigenvalue weighted by atomic mass is 15.2.